The molecule has 9 heteroatoms. The number of hydrogen-bond acceptors (Lipinski definition) is 8. The molecule has 0 aliphatic carbocycles. The third kappa shape index (κ3) is 5.55. The second-order valence-electron chi connectivity index (χ2n) is 8.66. The number of rotatable bonds is 8. The molecule has 0 amide bonds. The van der Waals surface area contributed by atoms with Crippen molar-refractivity contribution in [2.45, 2.75) is 50.5 Å². The first-order valence-corrected chi connectivity index (χ1v) is 12.5. The van der Waals surface area contributed by atoms with Gasteiger partial charge in [0, 0.05) is 49.9 Å². The summed E-state index contributed by atoms with van der Waals surface area (Å²) in [5.41, 5.74) is 0.731. The van der Waals surface area contributed by atoms with Gasteiger partial charge in [0.05, 0.1) is 29.6 Å². The van der Waals surface area contributed by atoms with Crippen LogP contribution in [0.25, 0.3) is 10.2 Å². The molecule has 0 aromatic carbocycles. The SMILES string of the molecule is COCCN(C1CCN(C(C)C)CC1)C(c1cc2ncncc2s1)N1CCOC(Cl)C1. The van der Waals surface area contributed by atoms with Gasteiger partial charge in [-0.1, -0.05) is 11.6 Å². The maximum Gasteiger partial charge on any atom is 0.143 e. The van der Waals surface area contributed by atoms with Crippen LogP contribution in [-0.2, 0) is 9.47 Å². The zero-order chi connectivity index (χ0) is 21.8. The topological polar surface area (TPSA) is 54.0 Å². The van der Waals surface area contributed by atoms with Crippen LogP contribution in [0.2, 0.25) is 0 Å². The van der Waals surface area contributed by atoms with E-state index in [1.165, 1.54) is 4.88 Å². The minimum absolute atomic E-state index is 0.134. The van der Waals surface area contributed by atoms with Gasteiger partial charge < -0.3 is 14.4 Å². The minimum Gasteiger partial charge on any atom is -0.383 e. The van der Waals surface area contributed by atoms with E-state index in [9.17, 15) is 0 Å². The molecule has 2 unspecified atom stereocenters. The van der Waals surface area contributed by atoms with Crippen LogP contribution in [0.4, 0.5) is 0 Å². The molecule has 4 rings (SSSR count). The zero-order valence-electron chi connectivity index (χ0n) is 18.7. The number of ether oxygens (including phenoxy) is 2. The highest BCUT2D eigenvalue weighted by Gasteiger charge is 2.37. The van der Waals surface area contributed by atoms with Crippen molar-refractivity contribution in [3.05, 3.63) is 23.5 Å². The summed E-state index contributed by atoms with van der Waals surface area (Å²) >= 11 is 8.23. The average Bonchev–Trinajstić information content (AvgIpc) is 3.20. The molecular formula is C22H34ClN5O2S. The van der Waals surface area contributed by atoms with Crippen molar-refractivity contribution in [2.75, 3.05) is 53.0 Å². The van der Waals surface area contributed by atoms with E-state index >= 15 is 0 Å². The van der Waals surface area contributed by atoms with Gasteiger partial charge in [0.25, 0.3) is 0 Å². The Balaban J connectivity index is 1.65. The number of alkyl halides is 1. The number of morpholine rings is 1. The van der Waals surface area contributed by atoms with Crippen LogP contribution in [0.3, 0.4) is 0 Å². The van der Waals surface area contributed by atoms with Crippen molar-refractivity contribution in [1.82, 2.24) is 24.7 Å². The number of halogens is 1. The second-order valence-corrected chi connectivity index (χ2v) is 10.3. The summed E-state index contributed by atoms with van der Waals surface area (Å²) < 4.78 is 12.3. The molecule has 2 saturated heterocycles. The molecule has 2 fully saturated rings. The number of fused-ring (bicyclic) bond motifs is 1. The van der Waals surface area contributed by atoms with E-state index in [2.05, 4.69) is 44.6 Å². The Morgan fingerprint density at radius 1 is 1.29 bits per heavy atom. The monoisotopic (exact) mass is 467 g/mol. The predicted octanol–water partition coefficient (Wildman–Crippen LogP) is 3.41. The molecule has 0 radical (unpaired) electrons. The van der Waals surface area contributed by atoms with Crippen LogP contribution >= 0.6 is 22.9 Å². The fourth-order valence-electron chi connectivity index (χ4n) is 4.77. The summed E-state index contributed by atoms with van der Waals surface area (Å²) in [5.74, 6) is 0. The van der Waals surface area contributed by atoms with Crippen molar-refractivity contribution < 1.29 is 9.47 Å². The first kappa shape index (κ1) is 23.3. The lowest BCUT2D eigenvalue weighted by Gasteiger charge is -2.47. The number of piperidine rings is 1. The van der Waals surface area contributed by atoms with Gasteiger partial charge in [0.1, 0.15) is 11.9 Å². The number of hydrogen-bond donors (Lipinski definition) is 0. The third-order valence-corrected chi connectivity index (χ3v) is 7.80. The molecule has 0 bridgehead atoms. The van der Waals surface area contributed by atoms with Crippen LogP contribution in [-0.4, -0.2) is 95.4 Å². The summed E-state index contributed by atoms with van der Waals surface area (Å²) in [5, 5.41) is 0. The number of likely N-dealkylation sites (tertiary alicyclic amines) is 1. The van der Waals surface area contributed by atoms with Gasteiger partial charge in [0.15, 0.2) is 0 Å². The van der Waals surface area contributed by atoms with Crippen molar-refractivity contribution in [3.8, 4) is 0 Å². The van der Waals surface area contributed by atoms with Crippen LogP contribution in [0.15, 0.2) is 18.6 Å². The summed E-state index contributed by atoms with van der Waals surface area (Å²) in [4.78, 5) is 17.7. The molecule has 0 spiro atoms. The van der Waals surface area contributed by atoms with Gasteiger partial charge >= 0.3 is 0 Å². The van der Waals surface area contributed by atoms with E-state index < -0.39 is 0 Å². The van der Waals surface area contributed by atoms with E-state index in [1.54, 1.807) is 24.8 Å². The fraction of sp³-hybridized carbons (Fsp3) is 0.727. The van der Waals surface area contributed by atoms with Crippen LogP contribution in [0.5, 0.6) is 0 Å². The van der Waals surface area contributed by atoms with Gasteiger partial charge in [-0.15, -0.1) is 11.3 Å². The highest BCUT2D eigenvalue weighted by Crippen LogP contribution is 2.37. The predicted molar refractivity (Wildman–Crippen MR) is 126 cm³/mol. The quantitative estimate of drug-likeness (QED) is 0.551. The highest BCUT2D eigenvalue weighted by atomic mass is 35.5. The Kier molecular flexibility index (Phi) is 8.14. The average molecular weight is 468 g/mol. The molecule has 4 heterocycles. The van der Waals surface area contributed by atoms with Gasteiger partial charge in [-0.3, -0.25) is 9.80 Å². The van der Waals surface area contributed by atoms with Gasteiger partial charge in [-0.2, -0.15) is 0 Å². The fourth-order valence-corrected chi connectivity index (χ4v) is 6.18. The first-order valence-electron chi connectivity index (χ1n) is 11.2. The molecule has 0 saturated carbocycles. The van der Waals surface area contributed by atoms with Gasteiger partial charge in [0.2, 0.25) is 0 Å². The molecule has 2 aromatic heterocycles. The molecule has 7 nitrogen and oxygen atoms in total. The second kappa shape index (κ2) is 10.8. The summed E-state index contributed by atoms with van der Waals surface area (Å²) in [6.07, 6.45) is 6.00. The van der Waals surface area contributed by atoms with Crippen LogP contribution in [0, 0.1) is 0 Å². The molecule has 0 N–H and O–H groups in total. The van der Waals surface area contributed by atoms with E-state index in [4.69, 9.17) is 21.1 Å². The maximum absolute atomic E-state index is 6.44. The normalized spacial score (nSPS) is 23.2. The van der Waals surface area contributed by atoms with Crippen molar-refractivity contribution in [3.63, 3.8) is 0 Å². The smallest absolute Gasteiger partial charge is 0.143 e. The maximum atomic E-state index is 6.44. The highest BCUT2D eigenvalue weighted by molar-refractivity contribution is 7.19. The minimum atomic E-state index is -0.280. The van der Waals surface area contributed by atoms with Crippen LogP contribution < -0.4 is 0 Å². The van der Waals surface area contributed by atoms with E-state index in [1.807, 2.05) is 6.20 Å². The number of aromatic nitrogens is 2. The molecule has 2 aliphatic heterocycles. The van der Waals surface area contributed by atoms with Gasteiger partial charge in [-0.05, 0) is 45.8 Å². The van der Waals surface area contributed by atoms with Crippen molar-refractivity contribution >= 4 is 33.2 Å². The summed E-state index contributed by atoms with van der Waals surface area (Å²) in [7, 11) is 1.78. The Morgan fingerprint density at radius 3 is 2.77 bits per heavy atom. The largest absolute Gasteiger partial charge is 0.383 e. The standard InChI is InChI=1S/C22H34ClN5O2S/c1-16(2)26-6-4-17(5-7-26)28(9-10-29-3)22(27-8-11-30-21(23)14-27)19-12-18-20(31-19)13-24-15-25-18/h12-13,15-17,21-22H,4-11,14H2,1-3H3. The first-order chi connectivity index (χ1) is 15.1. The van der Waals surface area contributed by atoms with Crippen LogP contribution in [0.1, 0.15) is 37.7 Å². The lowest BCUT2D eigenvalue weighted by atomic mass is 10.0. The molecule has 172 valence electrons. The van der Waals surface area contributed by atoms with Gasteiger partial charge in [-0.25, -0.2) is 9.97 Å². The molecule has 31 heavy (non-hydrogen) atoms. The lowest BCUT2D eigenvalue weighted by molar-refractivity contribution is -0.0731. The Hall–Kier alpha value is -0.870. The van der Waals surface area contributed by atoms with Crippen molar-refractivity contribution in [1.29, 1.82) is 0 Å². The third-order valence-electron chi connectivity index (χ3n) is 6.44. The van der Waals surface area contributed by atoms with Crippen molar-refractivity contribution in [2.24, 2.45) is 0 Å². The van der Waals surface area contributed by atoms with E-state index in [0.29, 0.717) is 31.8 Å². The van der Waals surface area contributed by atoms with E-state index in [-0.39, 0.29) is 11.7 Å². The number of methoxy groups -OCH3 is 1. The molecular weight excluding hydrogens is 434 g/mol. The summed E-state index contributed by atoms with van der Waals surface area (Å²) in [6, 6.07) is 3.33. The molecule has 2 aliphatic rings. The zero-order valence-corrected chi connectivity index (χ0v) is 20.3. The lowest BCUT2D eigenvalue weighted by Crippen LogP contribution is -2.54. The molecule has 2 aromatic rings. The Labute approximate surface area is 194 Å². The number of nitrogens with zero attached hydrogens (tertiary/aromatic N) is 5. The Morgan fingerprint density at radius 2 is 2.10 bits per heavy atom. The number of thiophene rings is 1. The summed E-state index contributed by atoms with van der Waals surface area (Å²) in [6.45, 7) is 10.7. The molecule has 2 atom stereocenters. The van der Waals surface area contributed by atoms with E-state index in [0.717, 1.165) is 49.2 Å². The Bertz CT molecular complexity index is 796.